The van der Waals surface area contributed by atoms with Crippen molar-refractivity contribution in [2.24, 2.45) is 0 Å². The standard InChI is InChI=1S/C17H11Cl3N2O2/c18-10-3-4-13(20)14(8-10)22-16(23)9-24-15-6-5-12(19)11-2-1-7-21-17(11)15/h1-8H,9H2,(H,22,23). The number of ether oxygens (including phenoxy) is 1. The van der Waals surface area contributed by atoms with E-state index in [0.717, 1.165) is 5.39 Å². The van der Waals surface area contributed by atoms with Gasteiger partial charge in [0.2, 0.25) is 0 Å². The van der Waals surface area contributed by atoms with E-state index < -0.39 is 0 Å². The van der Waals surface area contributed by atoms with Gasteiger partial charge < -0.3 is 10.1 Å². The van der Waals surface area contributed by atoms with Gasteiger partial charge in [-0.3, -0.25) is 9.78 Å². The number of anilines is 1. The Bertz CT molecular complexity index is 915. The predicted molar refractivity (Wildman–Crippen MR) is 97.3 cm³/mol. The Labute approximate surface area is 153 Å². The Hall–Kier alpha value is -2.01. The van der Waals surface area contributed by atoms with Crippen LogP contribution in [0, 0.1) is 0 Å². The average molecular weight is 382 g/mol. The van der Waals surface area contributed by atoms with Gasteiger partial charge >= 0.3 is 0 Å². The first kappa shape index (κ1) is 16.8. The van der Waals surface area contributed by atoms with Crippen LogP contribution in [0.1, 0.15) is 0 Å². The Morgan fingerprint density at radius 1 is 1.08 bits per heavy atom. The summed E-state index contributed by atoms with van der Waals surface area (Å²) in [6.07, 6.45) is 1.64. The zero-order valence-corrected chi connectivity index (χ0v) is 14.5. The summed E-state index contributed by atoms with van der Waals surface area (Å²) in [4.78, 5) is 16.3. The summed E-state index contributed by atoms with van der Waals surface area (Å²) in [5.41, 5.74) is 1.02. The number of carbonyl (C=O) groups is 1. The van der Waals surface area contributed by atoms with E-state index in [0.29, 0.717) is 32.0 Å². The molecule has 1 N–H and O–H groups in total. The number of hydrogen-bond acceptors (Lipinski definition) is 3. The number of fused-ring (bicyclic) bond motifs is 1. The second-order valence-electron chi connectivity index (χ2n) is 4.91. The molecule has 7 heteroatoms. The normalized spacial score (nSPS) is 10.6. The SMILES string of the molecule is O=C(COc1ccc(Cl)c2cccnc12)Nc1cc(Cl)ccc1Cl. The van der Waals surface area contributed by atoms with E-state index in [1.165, 1.54) is 0 Å². The molecule has 122 valence electrons. The summed E-state index contributed by atoms with van der Waals surface area (Å²) >= 11 is 18.0. The number of aromatic nitrogens is 1. The van der Waals surface area contributed by atoms with Gasteiger partial charge in [0, 0.05) is 16.6 Å². The van der Waals surface area contributed by atoms with Gasteiger partial charge in [0.1, 0.15) is 11.3 Å². The van der Waals surface area contributed by atoms with Gasteiger partial charge in [-0.15, -0.1) is 0 Å². The third kappa shape index (κ3) is 3.73. The maximum absolute atomic E-state index is 12.1. The summed E-state index contributed by atoms with van der Waals surface area (Å²) < 4.78 is 5.57. The Morgan fingerprint density at radius 3 is 2.71 bits per heavy atom. The third-order valence-electron chi connectivity index (χ3n) is 3.24. The number of nitrogens with zero attached hydrogens (tertiary/aromatic N) is 1. The first-order valence-electron chi connectivity index (χ1n) is 6.95. The van der Waals surface area contributed by atoms with Crippen LogP contribution in [0.4, 0.5) is 5.69 Å². The highest BCUT2D eigenvalue weighted by Gasteiger charge is 2.11. The minimum Gasteiger partial charge on any atom is -0.481 e. The molecule has 0 saturated carbocycles. The van der Waals surface area contributed by atoms with Crippen LogP contribution in [0.2, 0.25) is 15.1 Å². The summed E-state index contributed by atoms with van der Waals surface area (Å²) in [5.74, 6) is 0.112. The molecule has 0 fully saturated rings. The lowest BCUT2D eigenvalue weighted by molar-refractivity contribution is -0.118. The van der Waals surface area contributed by atoms with E-state index >= 15 is 0 Å². The van der Waals surface area contributed by atoms with E-state index in [2.05, 4.69) is 10.3 Å². The molecular formula is C17H11Cl3N2O2. The van der Waals surface area contributed by atoms with E-state index in [-0.39, 0.29) is 12.5 Å². The molecule has 2 aromatic carbocycles. The first-order chi connectivity index (χ1) is 11.5. The molecule has 1 aromatic heterocycles. The van der Waals surface area contributed by atoms with Crippen LogP contribution in [0.25, 0.3) is 10.9 Å². The molecule has 0 saturated heterocycles. The highest BCUT2D eigenvalue weighted by molar-refractivity contribution is 6.36. The van der Waals surface area contributed by atoms with Crippen molar-refractivity contribution in [1.29, 1.82) is 0 Å². The number of pyridine rings is 1. The molecule has 0 spiro atoms. The van der Waals surface area contributed by atoms with E-state index in [1.54, 1.807) is 42.6 Å². The van der Waals surface area contributed by atoms with Crippen LogP contribution < -0.4 is 10.1 Å². The fourth-order valence-electron chi connectivity index (χ4n) is 2.15. The van der Waals surface area contributed by atoms with E-state index in [9.17, 15) is 4.79 Å². The maximum Gasteiger partial charge on any atom is 0.262 e. The Kier molecular flexibility index (Phi) is 5.09. The van der Waals surface area contributed by atoms with Crippen LogP contribution in [0.15, 0.2) is 48.7 Å². The number of amides is 1. The summed E-state index contributed by atoms with van der Waals surface area (Å²) in [5, 5.41) is 4.85. The van der Waals surface area contributed by atoms with Gasteiger partial charge in [-0.25, -0.2) is 0 Å². The molecule has 0 atom stereocenters. The number of nitrogens with one attached hydrogen (secondary N) is 1. The number of hydrogen-bond donors (Lipinski definition) is 1. The molecule has 4 nitrogen and oxygen atoms in total. The Balaban J connectivity index is 1.73. The number of rotatable bonds is 4. The fourth-order valence-corrected chi connectivity index (χ4v) is 2.70. The fraction of sp³-hybridized carbons (Fsp3) is 0.0588. The number of carbonyl (C=O) groups excluding carboxylic acids is 1. The van der Waals surface area contributed by atoms with Crippen LogP contribution >= 0.6 is 34.8 Å². The van der Waals surface area contributed by atoms with Crippen molar-refractivity contribution in [1.82, 2.24) is 4.98 Å². The highest BCUT2D eigenvalue weighted by atomic mass is 35.5. The van der Waals surface area contributed by atoms with E-state index in [4.69, 9.17) is 39.5 Å². The zero-order valence-electron chi connectivity index (χ0n) is 12.2. The lowest BCUT2D eigenvalue weighted by Gasteiger charge is -2.11. The molecule has 0 radical (unpaired) electrons. The molecule has 0 aliphatic heterocycles. The second kappa shape index (κ2) is 7.26. The van der Waals surface area contributed by atoms with Crippen molar-refractivity contribution < 1.29 is 9.53 Å². The molecule has 0 unspecified atom stereocenters. The average Bonchev–Trinajstić information content (AvgIpc) is 2.58. The lowest BCUT2D eigenvalue weighted by Crippen LogP contribution is -2.20. The van der Waals surface area contributed by atoms with Crippen LogP contribution in [0.3, 0.4) is 0 Å². The van der Waals surface area contributed by atoms with Crippen molar-refractivity contribution >= 4 is 57.3 Å². The quantitative estimate of drug-likeness (QED) is 0.674. The van der Waals surface area contributed by atoms with Crippen molar-refractivity contribution in [2.45, 2.75) is 0 Å². The largest absolute Gasteiger partial charge is 0.481 e. The monoisotopic (exact) mass is 380 g/mol. The van der Waals surface area contributed by atoms with Gasteiger partial charge in [0.25, 0.3) is 5.91 Å². The third-order valence-corrected chi connectivity index (χ3v) is 4.13. The van der Waals surface area contributed by atoms with Crippen LogP contribution in [-0.2, 0) is 4.79 Å². The van der Waals surface area contributed by atoms with Gasteiger partial charge in [-0.1, -0.05) is 34.8 Å². The molecule has 0 bridgehead atoms. The van der Waals surface area contributed by atoms with Crippen LogP contribution in [0.5, 0.6) is 5.75 Å². The predicted octanol–water partition coefficient (Wildman–Crippen LogP) is 5.21. The summed E-state index contributed by atoms with van der Waals surface area (Å²) in [7, 11) is 0. The first-order valence-corrected chi connectivity index (χ1v) is 8.09. The van der Waals surface area contributed by atoms with Gasteiger partial charge in [-0.05, 0) is 42.5 Å². The molecule has 1 amide bonds. The Morgan fingerprint density at radius 2 is 1.88 bits per heavy atom. The van der Waals surface area contributed by atoms with Gasteiger partial charge in [-0.2, -0.15) is 0 Å². The van der Waals surface area contributed by atoms with Crippen molar-refractivity contribution in [3.05, 3.63) is 63.7 Å². The topological polar surface area (TPSA) is 51.2 Å². The lowest BCUT2D eigenvalue weighted by atomic mass is 10.2. The zero-order chi connectivity index (χ0) is 17.1. The molecule has 0 aliphatic rings. The maximum atomic E-state index is 12.1. The molecule has 0 aliphatic carbocycles. The molecule has 24 heavy (non-hydrogen) atoms. The minimum atomic E-state index is -0.363. The van der Waals surface area contributed by atoms with Crippen LogP contribution in [-0.4, -0.2) is 17.5 Å². The smallest absolute Gasteiger partial charge is 0.262 e. The number of halogens is 3. The van der Waals surface area contributed by atoms with Crippen molar-refractivity contribution in [3.63, 3.8) is 0 Å². The highest BCUT2D eigenvalue weighted by Crippen LogP contribution is 2.30. The van der Waals surface area contributed by atoms with E-state index in [1.807, 2.05) is 6.07 Å². The van der Waals surface area contributed by atoms with Crippen molar-refractivity contribution in [2.75, 3.05) is 11.9 Å². The van der Waals surface area contributed by atoms with Gasteiger partial charge in [0.05, 0.1) is 15.7 Å². The minimum absolute atomic E-state index is 0.198. The molecule has 3 aromatic rings. The van der Waals surface area contributed by atoms with Gasteiger partial charge in [0.15, 0.2) is 6.61 Å². The number of benzene rings is 2. The second-order valence-corrected chi connectivity index (χ2v) is 6.16. The molecule has 1 heterocycles. The van der Waals surface area contributed by atoms with Crippen molar-refractivity contribution in [3.8, 4) is 5.75 Å². The molecular weight excluding hydrogens is 371 g/mol. The molecule has 3 rings (SSSR count). The summed E-state index contributed by atoms with van der Waals surface area (Å²) in [6.45, 7) is -0.198. The summed E-state index contributed by atoms with van der Waals surface area (Å²) in [6, 6.07) is 11.8.